The normalized spacial score (nSPS) is 23.2. The molecule has 2 heterocycles. The molecule has 2 N–H and O–H groups in total. The van der Waals surface area contributed by atoms with Crippen molar-refractivity contribution in [2.75, 3.05) is 13.1 Å². The zero-order valence-electron chi connectivity index (χ0n) is 12.7. The minimum atomic E-state index is -0.229. The highest BCUT2D eigenvalue weighted by Crippen LogP contribution is 2.32. The Morgan fingerprint density at radius 1 is 1.36 bits per heavy atom. The van der Waals surface area contributed by atoms with E-state index in [0.29, 0.717) is 0 Å². The largest absolute Gasteiger partial charge is 0.352 e. The maximum atomic E-state index is 12.3. The van der Waals surface area contributed by atoms with Crippen LogP contribution < -0.4 is 10.6 Å². The predicted octanol–water partition coefficient (Wildman–Crippen LogP) is 1.43. The van der Waals surface area contributed by atoms with Crippen molar-refractivity contribution < 1.29 is 9.59 Å². The lowest BCUT2D eigenvalue weighted by atomic mass is 9.93. The molecule has 5 nitrogen and oxygen atoms in total. The zero-order chi connectivity index (χ0) is 15.5. The standard InChI is InChI=1S/C17H21N3O2/c1-12(21)20-9-7-13-4-2-3-5-15(13)16(20)10-17(22)19-14-6-8-18-11-14/h2-5,7,9,14,16,18H,6,8,10-11H2,1H3,(H,19,22). The van der Waals surface area contributed by atoms with Gasteiger partial charge in [0.2, 0.25) is 11.8 Å². The topological polar surface area (TPSA) is 61.4 Å². The highest BCUT2D eigenvalue weighted by atomic mass is 16.2. The van der Waals surface area contributed by atoms with Crippen LogP contribution in [0.25, 0.3) is 6.08 Å². The fraction of sp³-hybridized carbons (Fsp3) is 0.412. The summed E-state index contributed by atoms with van der Waals surface area (Å²) in [4.78, 5) is 25.9. The minimum Gasteiger partial charge on any atom is -0.352 e. The number of nitrogens with zero attached hydrogens (tertiary/aromatic N) is 1. The molecule has 0 saturated carbocycles. The number of fused-ring (bicyclic) bond motifs is 1. The first kappa shape index (κ1) is 14.8. The fourth-order valence-electron chi connectivity index (χ4n) is 3.15. The van der Waals surface area contributed by atoms with Crippen LogP contribution in [-0.4, -0.2) is 35.8 Å². The van der Waals surface area contributed by atoms with Crippen LogP contribution in [0, 0.1) is 0 Å². The van der Waals surface area contributed by atoms with Gasteiger partial charge in [0.05, 0.1) is 12.5 Å². The Labute approximate surface area is 130 Å². The van der Waals surface area contributed by atoms with Gasteiger partial charge in [-0.05, 0) is 30.2 Å². The predicted molar refractivity (Wildman–Crippen MR) is 84.8 cm³/mol. The molecule has 3 rings (SSSR count). The summed E-state index contributed by atoms with van der Waals surface area (Å²) < 4.78 is 0. The van der Waals surface area contributed by atoms with E-state index in [9.17, 15) is 9.59 Å². The quantitative estimate of drug-likeness (QED) is 0.887. The number of hydrogen-bond acceptors (Lipinski definition) is 3. The van der Waals surface area contributed by atoms with E-state index in [1.54, 1.807) is 11.1 Å². The Hall–Kier alpha value is -2.14. The lowest BCUT2D eigenvalue weighted by Gasteiger charge is -2.32. The molecule has 1 aromatic rings. The average molecular weight is 299 g/mol. The second-order valence-electron chi connectivity index (χ2n) is 5.85. The first-order chi connectivity index (χ1) is 10.6. The molecule has 2 amide bonds. The number of nitrogens with one attached hydrogen (secondary N) is 2. The maximum absolute atomic E-state index is 12.3. The van der Waals surface area contributed by atoms with Crippen molar-refractivity contribution in [2.24, 2.45) is 0 Å². The van der Waals surface area contributed by atoms with Crippen molar-refractivity contribution in [3.8, 4) is 0 Å². The summed E-state index contributed by atoms with van der Waals surface area (Å²) in [6.07, 6.45) is 4.95. The van der Waals surface area contributed by atoms with Crippen molar-refractivity contribution >= 4 is 17.9 Å². The number of benzene rings is 1. The molecule has 0 aromatic heterocycles. The second-order valence-corrected chi connectivity index (χ2v) is 5.85. The fourth-order valence-corrected chi connectivity index (χ4v) is 3.15. The third kappa shape index (κ3) is 3.04. The van der Waals surface area contributed by atoms with Gasteiger partial charge in [-0.15, -0.1) is 0 Å². The highest BCUT2D eigenvalue weighted by molar-refractivity contribution is 5.82. The Bertz CT molecular complexity index is 606. The number of carbonyl (C=O) groups excluding carboxylic acids is 2. The number of carbonyl (C=O) groups is 2. The van der Waals surface area contributed by atoms with E-state index in [1.165, 1.54) is 6.92 Å². The molecule has 0 aliphatic carbocycles. The molecule has 0 bridgehead atoms. The summed E-state index contributed by atoms with van der Waals surface area (Å²) in [5, 5.41) is 6.29. The van der Waals surface area contributed by atoms with Crippen LogP contribution in [0.1, 0.15) is 36.9 Å². The molecule has 116 valence electrons. The van der Waals surface area contributed by atoms with Crippen LogP contribution in [0.5, 0.6) is 0 Å². The molecule has 22 heavy (non-hydrogen) atoms. The van der Waals surface area contributed by atoms with Gasteiger partial charge in [-0.2, -0.15) is 0 Å². The smallest absolute Gasteiger partial charge is 0.223 e. The number of hydrogen-bond donors (Lipinski definition) is 2. The molecule has 2 atom stereocenters. The summed E-state index contributed by atoms with van der Waals surface area (Å²) in [5.74, 6) is -0.0545. The average Bonchev–Trinajstić information content (AvgIpc) is 3.00. The Morgan fingerprint density at radius 3 is 2.91 bits per heavy atom. The molecule has 5 heteroatoms. The molecule has 1 fully saturated rings. The summed E-state index contributed by atoms with van der Waals surface area (Å²) in [6, 6.07) is 7.88. The first-order valence-electron chi connectivity index (χ1n) is 7.71. The van der Waals surface area contributed by atoms with Gasteiger partial charge in [0.1, 0.15) is 0 Å². The van der Waals surface area contributed by atoms with Crippen molar-refractivity contribution in [1.82, 2.24) is 15.5 Å². The van der Waals surface area contributed by atoms with Crippen LogP contribution in [0.3, 0.4) is 0 Å². The van der Waals surface area contributed by atoms with Crippen LogP contribution in [0.15, 0.2) is 30.5 Å². The third-order valence-corrected chi connectivity index (χ3v) is 4.27. The van der Waals surface area contributed by atoms with E-state index in [4.69, 9.17) is 0 Å². The Kier molecular flexibility index (Phi) is 4.24. The maximum Gasteiger partial charge on any atom is 0.223 e. The van der Waals surface area contributed by atoms with Gasteiger partial charge in [0.25, 0.3) is 0 Å². The van der Waals surface area contributed by atoms with Gasteiger partial charge in [-0.25, -0.2) is 0 Å². The van der Waals surface area contributed by atoms with Crippen molar-refractivity contribution in [1.29, 1.82) is 0 Å². The molecule has 1 saturated heterocycles. The monoisotopic (exact) mass is 299 g/mol. The van der Waals surface area contributed by atoms with Crippen molar-refractivity contribution in [3.05, 3.63) is 41.6 Å². The van der Waals surface area contributed by atoms with Crippen molar-refractivity contribution in [3.63, 3.8) is 0 Å². The number of rotatable bonds is 3. The molecule has 2 aliphatic rings. The van der Waals surface area contributed by atoms with Gasteiger partial charge in [0, 0.05) is 25.7 Å². The zero-order valence-corrected chi connectivity index (χ0v) is 12.7. The lowest BCUT2D eigenvalue weighted by molar-refractivity contribution is -0.130. The molecule has 1 aromatic carbocycles. The van der Waals surface area contributed by atoms with E-state index >= 15 is 0 Å². The van der Waals surface area contributed by atoms with Crippen LogP contribution >= 0.6 is 0 Å². The van der Waals surface area contributed by atoms with Crippen LogP contribution in [0.2, 0.25) is 0 Å². The van der Waals surface area contributed by atoms with E-state index in [0.717, 1.165) is 30.6 Å². The van der Waals surface area contributed by atoms with E-state index in [1.807, 2.05) is 30.3 Å². The lowest BCUT2D eigenvalue weighted by Crippen LogP contribution is -2.40. The molecule has 0 radical (unpaired) electrons. The molecular weight excluding hydrogens is 278 g/mol. The Balaban J connectivity index is 1.77. The summed E-state index contributed by atoms with van der Waals surface area (Å²) >= 11 is 0. The van der Waals surface area contributed by atoms with Gasteiger partial charge in [0.15, 0.2) is 0 Å². The van der Waals surface area contributed by atoms with E-state index < -0.39 is 0 Å². The van der Waals surface area contributed by atoms with Gasteiger partial charge < -0.3 is 15.5 Å². The van der Waals surface area contributed by atoms with Gasteiger partial charge in [-0.3, -0.25) is 9.59 Å². The van der Waals surface area contributed by atoms with E-state index in [-0.39, 0.29) is 30.3 Å². The van der Waals surface area contributed by atoms with Gasteiger partial charge in [-0.1, -0.05) is 24.3 Å². The summed E-state index contributed by atoms with van der Waals surface area (Å²) in [5.41, 5.74) is 2.10. The van der Waals surface area contributed by atoms with Crippen molar-refractivity contribution in [2.45, 2.75) is 31.8 Å². The SMILES string of the molecule is CC(=O)N1C=Cc2ccccc2C1CC(=O)NC1CCNC1. The summed E-state index contributed by atoms with van der Waals surface area (Å²) in [6.45, 7) is 3.30. The van der Waals surface area contributed by atoms with Gasteiger partial charge >= 0.3 is 0 Å². The van der Waals surface area contributed by atoms with Crippen LogP contribution in [0.4, 0.5) is 0 Å². The number of amides is 2. The Morgan fingerprint density at radius 2 is 2.18 bits per heavy atom. The third-order valence-electron chi connectivity index (χ3n) is 4.27. The van der Waals surface area contributed by atoms with E-state index in [2.05, 4.69) is 10.6 Å². The minimum absolute atomic E-state index is 0.00458. The first-order valence-corrected chi connectivity index (χ1v) is 7.71. The highest BCUT2D eigenvalue weighted by Gasteiger charge is 2.29. The molecule has 0 spiro atoms. The second kappa shape index (κ2) is 6.32. The molecular formula is C17H21N3O2. The molecule has 2 aliphatic heterocycles. The summed E-state index contributed by atoms with van der Waals surface area (Å²) in [7, 11) is 0. The van der Waals surface area contributed by atoms with Crippen LogP contribution in [-0.2, 0) is 9.59 Å². The molecule has 2 unspecified atom stereocenters.